The maximum absolute atomic E-state index is 6.28. The lowest BCUT2D eigenvalue weighted by molar-refractivity contribution is 0.122. The van der Waals surface area contributed by atoms with Gasteiger partial charge in [-0.1, -0.05) is 42.5 Å². The molecule has 1 atom stereocenters. The van der Waals surface area contributed by atoms with Crippen LogP contribution in [0.25, 0.3) is 0 Å². The third kappa shape index (κ3) is 6.00. The second-order valence-electron chi connectivity index (χ2n) is 9.83. The smallest absolute Gasteiger partial charge is 0.217 e. The number of hydrogen-bond acceptors (Lipinski definition) is 7. The zero-order valence-electron chi connectivity index (χ0n) is 21.9. The van der Waals surface area contributed by atoms with Crippen molar-refractivity contribution in [3.05, 3.63) is 77.9 Å². The van der Waals surface area contributed by atoms with E-state index in [1.54, 1.807) is 14.2 Å². The zero-order valence-corrected chi connectivity index (χ0v) is 21.9. The van der Waals surface area contributed by atoms with Crippen LogP contribution in [0.15, 0.2) is 66.7 Å². The number of hydrogen-bond donors (Lipinski definition) is 0. The van der Waals surface area contributed by atoms with Gasteiger partial charge in [-0.2, -0.15) is 4.98 Å². The van der Waals surface area contributed by atoms with Crippen molar-refractivity contribution in [2.75, 3.05) is 63.5 Å². The van der Waals surface area contributed by atoms with E-state index in [1.165, 1.54) is 5.56 Å². The van der Waals surface area contributed by atoms with E-state index in [0.29, 0.717) is 19.1 Å². The van der Waals surface area contributed by atoms with E-state index in [0.717, 1.165) is 74.9 Å². The Morgan fingerprint density at radius 2 is 1.70 bits per heavy atom. The fraction of sp³-hybridized carbons (Fsp3) is 0.433. The van der Waals surface area contributed by atoms with Gasteiger partial charge in [-0.15, -0.1) is 0 Å². The lowest BCUT2D eigenvalue weighted by atomic mass is 9.88. The number of nitrogens with zero attached hydrogens (tertiary/aromatic N) is 3. The average Bonchev–Trinajstić information content (AvgIpc) is 3.36. The van der Waals surface area contributed by atoms with Gasteiger partial charge in [-0.25, -0.2) is 0 Å². The van der Waals surface area contributed by atoms with Crippen molar-refractivity contribution in [3.63, 3.8) is 0 Å². The molecule has 7 nitrogen and oxygen atoms in total. The maximum atomic E-state index is 6.28. The van der Waals surface area contributed by atoms with Gasteiger partial charge >= 0.3 is 0 Å². The van der Waals surface area contributed by atoms with Crippen LogP contribution >= 0.6 is 0 Å². The van der Waals surface area contributed by atoms with Crippen LogP contribution in [0.3, 0.4) is 0 Å². The van der Waals surface area contributed by atoms with Gasteiger partial charge in [-0.3, -0.25) is 0 Å². The van der Waals surface area contributed by atoms with Crippen LogP contribution < -0.4 is 19.3 Å². The number of morpholine rings is 1. The zero-order chi connectivity index (χ0) is 25.5. The van der Waals surface area contributed by atoms with Crippen LogP contribution in [0.2, 0.25) is 0 Å². The normalized spacial score (nSPS) is 19.7. The Labute approximate surface area is 219 Å². The summed E-state index contributed by atoms with van der Waals surface area (Å²) in [7, 11) is 3.47. The first-order valence-corrected chi connectivity index (χ1v) is 13.1. The molecule has 0 radical (unpaired) electrons. The first-order valence-electron chi connectivity index (χ1n) is 13.1. The van der Waals surface area contributed by atoms with Gasteiger partial charge in [0, 0.05) is 44.6 Å². The van der Waals surface area contributed by atoms with Gasteiger partial charge in [0.25, 0.3) is 0 Å². The SMILES string of the molecule is COCC1(Cc2ccccc2)CCCN1c1cc(N2CCOCC2)cc(OCc2ccc(OC)cc2)n1. The van der Waals surface area contributed by atoms with Crippen molar-refractivity contribution in [1.82, 2.24) is 4.98 Å². The molecule has 196 valence electrons. The fourth-order valence-electron chi connectivity index (χ4n) is 5.50. The number of rotatable bonds is 10. The molecule has 0 aliphatic carbocycles. The predicted octanol–water partition coefficient (Wildman–Crippen LogP) is 4.73. The van der Waals surface area contributed by atoms with Gasteiger partial charge < -0.3 is 28.7 Å². The van der Waals surface area contributed by atoms with E-state index in [9.17, 15) is 0 Å². The second-order valence-corrected chi connectivity index (χ2v) is 9.83. The molecule has 7 heteroatoms. The van der Waals surface area contributed by atoms with Crippen LogP contribution in [-0.4, -0.2) is 64.2 Å². The van der Waals surface area contributed by atoms with E-state index in [4.69, 9.17) is 23.9 Å². The molecule has 2 aliphatic heterocycles. The van der Waals surface area contributed by atoms with Gasteiger partial charge in [0.15, 0.2) is 0 Å². The molecule has 0 saturated carbocycles. The number of benzene rings is 2. The summed E-state index contributed by atoms with van der Waals surface area (Å²) in [6.07, 6.45) is 3.07. The molecule has 2 fully saturated rings. The molecular formula is C30H37N3O4. The van der Waals surface area contributed by atoms with E-state index in [-0.39, 0.29) is 5.54 Å². The van der Waals surface area contributed by atoms with Crippen LogP contribution in [0, 0.1) is 0 Å². The highest BCUT2D eigenvalue weighted by Gasteiger charge is 2.42. The van der Waals surface area contributed by atoms with E-state index < -0.39 is 0 Å². The average molecular weight is 504 g/mol. The fourth-order valence-corrected chi connectivity index (χ4v) is 5.50. The number of ether oxygens (including phenoxy) is 4. The van der Waals surface area contributed by atoms with Crippen LogP contribution in [0.1, 0.15) is 24.0 Å². The molecule has 2 aliphatic rings. The summed E-state index contributed by atoms with van der Waals surface area (Å²) in [5.74, 6) is 2.41. The molecular weight excluding hydrogens is 466 g/mol. The monoisotopic (exact) mass is 503 g/mol. The van der Waals surface area contributed by atoms with Crippen molar-refractivity contribution in [1.29, 1.82) is 0 Å². The van der Waals surface area contributed by atoms with Crippen LogP contribution in [-0.2, 0) is 22.5 Å². The summed E-state index contributed by atoms with van der Waals surface area (Å²) >= 11 is 0. The molecule has 5 rings (SSSR count). The first kappa shape index (κ1) is 25.4. The molecule has 3 aromatic rings. The van der Waals surface area contributed by atoms with E-state index in [2.05, 4.69) is 52.3 Å². The molecule has 2 saturated heterocycles. The standard InChI is InChI=1S/C30H37N3O4/c1-34-23-30(21-24-7-4-3-5-8-24)13-6-14-33(30)28-19-26(32-15-17-36-18-16-32)20-29(31-28)37-22-25-9-11-27(35-2)12-10-25/h3-5,7-12,19-20H,6,13-18,21-23H2,1-2H3. The highest BCUT2D eigenvalue weighted by atomic mass is 16.5. The Balaban J connectivity index is 1.45. The van der Waals surface area contributed by atoms with Crippen LogP contribution in [0.5, 0.6) is 11.6 Å². The first-order chi connectivity index (χ1) is 18.2. The van der Waals surface area contributed by atoms with Crippen molar-refractivity contribution < 1.29 is 18.9 Å². The summed E-state index contributed by atoms with van der Waals surface area (Å²) in [5, 5.41) is 0. The molecule has 0 amide bonds. The van der Waals surface area contributed by atoms with Crippen LogP contribution in [0.4, 0.5) is 11.5 Å². The minimum Gasteiger partial charge on any atom is -0.497 e. The summed E-state index contributed by atoms with van der Waals surface area (Å²) in [6.45, 7) is 5.19. The third-order valence-electron chi connectivity index (χ3n) is 7.36. The highest BCUT2D eigenvalue weighted by molar-refractivity contribution is 5.60. The van der Waals surface area contributed by atoms with Gasteiger partial charge in [0.05, 0.1) is 32.5 Å². The van der Waals surface area contributed by atoms with Crippen molar-refractivity contribution in [2.45, 2.75) is 31.4 Å². The van der Waals surface area contributed by atoms with Gasteiger partial charge in [-0.05, 0) is 42.5 Å². The summed E-state index contributed by atoms with van der Waals surface area (Å²) in [6, 6.07) is 22.9. The minimum atomic E-state index is -0.153. The quantitative estimate of drug-likeness (QED) is 0.396. The maximum Gasteiger partial charge on any atom is 0.217 e. The summed E-state index contributed by atoms with van der Waals surface area (Å²) in [4.78, 5) is 9.86. The third-order valence-corrected chi connectivity index (χ3v) is 7.36. The number of methoxy groups -OCH3 is 2. The number of pyridine rings is 1. The Bertz CT molecular complexity index is 1140. The number of aromatic nitrogens is 1. The lowest BCUT2D eigenvalue weighted by Crippen LogP contribution is -2.50. The highest BCUT2D eigenvalue weighted by Crippen LogP contribution is 2.39. The minimum absolute atomic E-state index is 0.153. The molecule has 0 N–H and O–H groups in total. The molecule has 2 aromatic carbocycles. The Morgan fingerprint density at radius 3 is 2.43 bits per heavy atom. The Hall–Kier alpha value is -3.29. The van der Waals surface area contributed by atoms with Gasteiger partial charge in [0.2, 0.25) is 5.88 Å². The van der Waals surface area contributed by atoms with E-state index >= 15 is 0 Å². The van der Waals surface area contributed by atoms with Crippen molar-refractivity contribution >= 4 is 11.5 Å². The van der Waals surface area contributed by atoms with Gasteiger partial charge in [0.1, 0.15) is 18.2 Å². The molecule has 3 heterocycles. The number of anilines is 2. The Kier molecular flexibility index (Phi) is 8.12. The Morgan fingerprint density at radius 1 is 0.919 bits per heavy atom. The predicted molar refractivity (Wildman–Crippen MR) is 146 cm³/mol. The topological polar surface area (TPSA) is 56.3 Å². The van der Waals surface area contributed by atoms with E-state index in [1.807, 2.05) is 24.3 Å². The molecule has 1 aromatic heterocycles. The molecule has 0 bridgehead atoms. The lowest BCUT2D eigenvalue weighted by Gasteiger charge is -2.40. The second kappa shape index (κ2) is 11.8. The molecule has 1 unspecified atom stereocenters. The van der Waals surface area contributed by atoms with Crippen molar-refractivity contribution in [3.8, 4) is 11.6 Å². The molecule has 0 spiro atoms. The van der Waals surface area contributed by atoms with Crippen molar-refractivity contribution in [2.24, 2.45) is 0 Å². The summed E-state index contributed by atoms with van der Waals surface area (Å²) in [5.41, 5.74) is 3.35. The summed E-state index contributed by atoms with van der Waals surface area (Å²) < 4.78 is 23.0. The molecule has 37 heavy (non-hydrogen) atoms. The largest absolute Gasteiger partial charge is 0.497 e.